The first-order chi connectivity index (χ1) is 8.44. The van der Waals surface area contributed by atoms with Crippen LogP contribution in [-0.2, 0) is 9.59 Å². The molecule has 1 amide bonds. The third-order valence-electron chi connectivity index (χ3n) is 3.42. The van der Waals surface area contributed by atoms with Crippen molar-refractivity contribution in [3.8, 4) is 0 Å². The van der Waals surface area contributed by atoms with Gasteiger partial charge < -0.3 is 15.7 Å². The van der Waals surface area contributed by atoms with Crippen molar-refractivity contribution < 1.29 is 14.7 Å². The molecule has 0 aliphatic carbocycles. The first-order valence-corrected chi connectivity index (χ1v) is 6.63. The zero-order valence-corrected chi connectivity index (χ0v) is 10.9. The van der Waals surface area contributed by atoms with Gasteiger partial charge in [-0.05, 0) is 24.8 Å². The van der Waals surface area contributed by atoms with E-state index < -0.39 is 17.4 Å². The van der Waals surface area contributed by atoms with Gasteiger partial charge in [-0.3, -0.25) is 9.59 Å². The third-order valence-corrected chi connectivity index (χ3v) is 4.37. The van der Waals surface area contributed by atoms with Gasteiger partial charge in [-0.15, -0.1) is 11.3 Å². The largest absolute Gasteiger partial charge is 0.481 e. The van der Waals surface area contributed by atoms with E-state index in [9.17, 15) is 9.59 Å². The topological polar surface area (TPSA) is 83.6 Å². The van der Waals surface area contributed by atoms with E-state index in [0.717, 1.165) is 4.88 Å². The molecule has 1 aliphatic heterocycles. The summed E-state index contributed by atoms with van der Waals surface area (Å²) in [6.07, 6.45) is 0.477. The molecule has 2 heterocycles. The fourth-order valence-electron chi connectivity index (χ4n) is 2.11. The Balaban J connectivity index is 2.06. The molecule has 0 saturated carbocycles. The van der Waals surface area contributed by atoms with Gasteiger partial charge in [0.05, 0.1) is 5.41 Å². The number of aliphatic carboxylic acids is 1. The normalized spacial score (nSPS) is 25.1. The van der Waals surface area contributed by atoms with E-state index in [-0.39, 0.29) is 12.5 Å². The Hall–Kier alpha value is -1.40. The zero-order chi connectivity index (χ0) is 13.3. The summed E-state index contributed by atoms with van der Waals surface area (Å²) in [6, 6.07) is 2.99. The van der Waals surface area contributed by atoms with Crippen LogP contribution in [0.1, 0.15) is 24.3 Å². The molecule has 2 unspecified atom stereocenters. The molecule has 0 spiro atoms. The Bertz CT molecular complexity index is 460. The number of thiophene rings is 1. The highest BCUT2D eigenvalue weighted by Crippen LogP contribution is 2.31. The number of carbonyl (C=O) groups is 2. The number of carbonyl (C=O) groups excluding carboxylic acids is 1. The predicted molar refractivity (Wildman–Crippen MR) is 68.2 cm³/mol. The van der Waals surface area contributed by atoms with E-state index >= 15 is 0 Å². The lowest BCUT2D eigenvalue weighted by Crippen LogP contribution is -2.39. The lowest BCUT2D eigenvalue weighted by Gasteiger charge is -2.22. The Morgan fingerprint density at radius 3 is 2.83 bits per heavy atom. The van der Waals surface area contributed by atoms with Gasteiger partial charge >= 0.3 is 5.97 Å². The monoisotopic (exact) mass is 268 g/mol. The van der Waals surface area contributed by atoms with Crippen molar-refractivity contribution in [3.05, 3.63) is 22.4 Å². The third kappa shape index (κ3) is 2.26. The van der Waals surface area contributed by atoms with Gasteiger partial charge in [0, 0.05) is 18.0 Å². The number of amides is 1. The quantitative estimate of drug-likeness (QED) is 0.859. The first kappa shape index (κ1) is 13.0. The molecule has 1 saturated heterocycles. The van der Waals surface area contributed by atoms with Crippen LogP contribution in [0.25, 0.3) is 0 Å². The van der Waals surface area contributed by atoms with E-state index in [1.165, 1.54) is 11.3 Å². The van der Waals surface area contributed by atoms with E-state index in [4.69, 9.17) is 10.8 Å². The number of nitrogens with zero attached hydrogens (tertiary/aromatic N) is 1. The Morgan fingerprint density at radius 2 is 2.33 bits per heavy atom. The van der Waals surface area contributed by atoms with Gasteiger partial charge in [0.25, 0.3) is 0 Å². The van der Waals surface area contributed by atoms with Crippen LogP contribution in [-0.4, -0.2) is 35.0 Å². The molecule has 2 rings (SSSR count). The number of nitrogens with two attached hydrogens (primary N) is 1. The maximum atomic E-state index is 12.2. The standard InChI is InChI=1S/C12H16N2O3S/c1-12(11(16)17)4-5-14(7-12)10(15)9(13)8-3-2-6-18-8/h2-3,6,9H,4-5,7,13H2,1H3,(H,16,17). The van der Waals surface area contributed by atoms with Gasteiger partial charge in [0.1, 0.15) is 6.04 Å². The first-order valence-electron chi connectivity index (χ1n) is 5.75. The van der Waals surface area contributed by atoms with Crippen LogP contribution in [0, 0.1) is 5.41 Å². The van der Waals surface area contributed by atoms with E-state index in [1.807, 2.05) is 17.5 Å². The summed E-state index contributed by atoms with van der Waals surface area (Å²) in [6.45, 7) is 2.36. The van der Waals surface area contributed by atoms with Crippen molar-refractivity contribution in [2.75, 3.05) is 13.1 Å². The molecule has 18 heavy (non-hydrogen) atoms. The molecule has 1 aromatic heterocycles. The summed E-state index contributed by atoms with van der Waals surface area (Å²) >= 11 is 1.44. The smallest absolute Gasteiger partial charge is 0.311 e. The SMILES string of the molecule is CC1(C(=O)O)CCN(C(=O)C(N)c2cccs2)C1. The maximum Gasteiger partial charge on any atom is 0.311 e. The number of hydrogen-bond acceptors (Lipinski definition) is 4. The Labute approximate surface area is 109 Å². The number of carboxylic acid groups (broad SMARTS) is 1. The average Bonchev–Trinajstić information content (AvgIpc) is 2.96. The Kier molecular flexibility index (Phi) is 3.41. The molecule has 1 aromatic rings. The van der Waals surface area contributed by atoms with E-state index in [0.29, 0.717) is 13.0 Å². The molecule has 0 radical (unpaired) electrons. The van der Waals surface area contributed by atoms with Crippen molar-refractivity contribution in [2.24, 2.45) is 11.1 Å². The summed E-state index contributed by atoms with van der Waals surface area (Å²) in [5.74, 6) is -1.05. The minimum atomic E-state index is -0.859. The van der Waals surface area contributed by atoms with Crippen LogP contribution in [0.2, 0.25) is 0 Å². The van der Waals surface area contributed by atoms with Crippen molar-refractivity contribution in [1.29, 1.82) is 0 Å². The van der Waals surface area contributed by atoms with Crippen LogP contribution in [0.5, 0.6) is 0 Å². The number of hydrogen-bond donors (Lipinski definition) is 2. The van der Waals surface area contributed by atoms with Crippen LogP contribution in [0.3, 0.4) is 0 Å². The van der Waals surface area contributed by atoms with Crippen molar-refractivity contribution >= 4 is 23.2 Å². The van der Waals surface area contributed by atoms with Gasteiger partial charge in [-0.25, -0.2) is 0 Å². The van der Waals surface area contributed by atoms with Crippen molar-refractivity contribution in [1.82, 2.24) is 4.90 Å². The molecule has 3 N–H and O–H groups in total. The van der Waals surface area contributed by atoms with Gasteiger partial charge in [-0.2, -0.15) is 0 Å². The van der Waals surface area contributed by atoms with Crippen LogP contribution < -0.4 is 5.73 Å². The minimum absolute atomic E-state index is 0.192. The zero-order valence-electron chi connectivity index (χ0n) is 10.1. The molecule has 2 atom stereocenters. The highest BCUT2D eigenvalue weighted by molar-refractivity contribution is 7.10. The van der Waals surface area contributed by atoms with Gasteiger partial charge in [0.15, 0.2) is 0 Å². The highest BCUT2D eigenvalue weighted by atomic mass is 32.1. The van der Waals surface area contributed by atoms with Gasteiger partial charge in [-0.1, -0.05) is 6.07 Å². The van der Waals surface area contributed by atoms with E-state index in [2.05, 4.69) is 0 Å². The summed E-state index contributed by atoms with van der Waals surface area (Å²) in [4.78, 5) is 25.7. The lowest BCUT2D eigenvalue weighted by atomic mass is 9.90. The predicted octanol–water partition coefficient (Wildman–Crippen LogP) is 1.07. The maximum absolute atomic E-state index is 12.2. The van der Waals surface area contributed by atoms with Crippen LogP contribution >= 0.6 is 11.3 Å². The van der Waals surface area contributed by atoms with Crippen LogP contribution in [0.15, 0.2) is 17.5 Å². The summed E-state index contributed by atoms with van der Waals surface area (Å²) in [5.41, 5.74) is 5.06. The summed E-state index contributed by atoms with van der Waals surface area (Å²) in [7, 11) is 0. The second kappa shape index (κ2) is 4.70. The molecule has 0 bridgehead atoms. The fraction of sp³-hybridized carbons (Fsp3) is 0.500. The molecule has 1 aliphatic rings. The fourth-order valence-corrected chi connectivity index (χ4v) is 2.83. The van der Waals surface area contributed by atoms with E-state index in [1.54, 1.807) is 11.8 Å². The lowest BCUT2D eigenvalue weighted by molar-refractivity contribution is -0.147. The molecule has 6 heteroatoms. The molecular formula is C12H16N2O3S. The van der Waals surface area contributed by atoms with Crippen LogP contribution in [0.4, 0.5) is 0 Å². The molecule has 5 nitrogen and oxygen atoms in total. The minimum Gasteiger partial charge on any atom is -0.481 e. The molecule has 1 fully saturated rings. The van der Waals surface area contributed by atoms with Crippen molar-refractivity contribution in [2.45, 2.75) is 19.4 Å². The number of carboxylic acids is 1. The van der Waals surface area contributed by atoms with Gasteiger partial charge in [0.2, 0.25) is 5.91 Å². The summed E-state index contributed by atoms with van der Waals surface area (Å²) in [5, 5.41) is 11.0. The second-order valence-corrected chi connectivity index (χ2v) is 5.85. The number of likely N-dealkylation sites (tertiary alicyclic amines) is 1. The second-order valence-electron chi connectivity index (χ2n) is 4.87. The molecule has 0 aromatic carbocycles. The molecular weight excluding hydrogens is 252 g/mol. The molecule has 98 valence electrons. The average molecular weight is 268 g/mol. The Morgan fingerprint density at radius 1 is 1.61 bits per heavy atom. The highest BCUT2D eigenvalue weighted by Gasteiger charge is 2.43. The summed E-state index contributed by atoms with van der Waals surface area (Å²) < 4.78 is 0. The number of rotatable bonds is 3. The van der Waals surface area contributed by atoms with Crippen molar-refractivity contribution in [3.63, 3.8) is 0 Å².